The molecule has 2 aromatic rings. The van der Waals surface area contributed by atoms with Crippen molar-refractivity contribution in [1.82, 2.24) is 19.9 Å². The predicted octanol–water partition coefficient (Wildman–Crippen LogP) is 0.626. The highest BCUT2D eigenvalue weighted by Gasteiger charge is 2.19. The monoisotopic (exact) mass is 283 g/mol. The molecule has 8 nitrogen and oxygen atoms in total. The SMILES string of the molecule is COc1nc(C)c(NS(=O)(=O)c2cnc[nH]2)c(C)n1. The van der Waals surface area contributed by atoms with E-state index in [1.807, 2.05) is 0 Å². The molecule has 0 aromatic carbocycles. The third kappa shape index (κ3) is 2.65. The number of aromatic amines is 1. The topological polar surface area (TPSA) is 110 Å². The maximum atomic E-state index is 12.1. The van der Waals surface area contributed by atoms with Crippen molar-refractivity contribution in [3.63, 3.8) is 0 Å². The van der Waals surface area contributed by atoms with Crippen molar-refractivity contribution < 1.29 is 13.2 Å². The van der Waals surface area contributed by atoms with Crippen LogP contribution in [0.3, 0.4) is 0 Å². The number of rotatable bonds is 4. The lowest BCUT2D eigenvalue weighted by atomic mass is 10.3. The van der Waals surface area contributed by atoms with E-state index in [1.54, 1.807) is 13.8 Å². The summed E-state index contributed by atoms with van der Waals surface area (Å²) in [7, 11) is -2.28. The number of sulfonamides is 1. The van der Waals surface area contributed by atoms with Gasteiger partial charge in [0, 0.05) is 0 Å². The van der Waals surface area contributed by atoms with Gasteiger partial charge in [0.15, 0.2) is 5.03 Å². The van der Waals surface area contributed by atoms with E-state index in [9.17, 15) is 8.42 Å². The van der Waals surface area contributed by atoms with Crippen LogP contribution >= 0.6 is 0 Å². The molecule has 0 aliphatic heterocycles. The Balaban J connectivity index is 2.40. The third-order valence-electron chi connectivity index (χ3n) is 2.43. The Morgan fingerprint density at radius 2 is 1.89 bits per heavy atom. The number of hydrogen-bond donors (Lipinski definition) is 2. The second-order valence-electron chi connectivity index (χ2n) is 3.78. The molecule has 0 saturated heterocycles. The van der Waals surface area contributed by atoms with E-state index in [4.69, 9.17) is 4.74 Å². The number of hydrogen-bond acceptors (Lipinski definition) is 6. The maximum Gasteiger partial charge on any atom is 0.316 e. The number of H-pyrrole nitrogens is 1. The van der Waals surface area contributed by atoms with Gasteiger partial charge in [0.25, 0.3) is 10.0 Å². The number of anilines is 1. The Bertz CT molecular complexity index is 658. The summed E-state index contributed by atoms with van der Waals surface area (Å²) in [6, 6.07) is 0.194. The van der Waals surface area contributed by atoms with Gasteiger partial charge < -0.3 is 9.72 Å². The van der Waals surface area contributed by atoms with Crippen LogP contribution in [0.2, 0.25) is 0 Å². The third-order valence-corrected chi connectivity index (χ3v) is 3.71. The minimum absolute atomic E-state index is 0.0258. The van der Waals surface area contributed by atoms with Crippen LogP contribution in [0.4, 0.5) is 5.69 Å². The lowest BCUT2D eigenvalue weighted by Gasteiger charge is -2.11. The van der Waals surface area contributed by atoms with Crippen molar-refractivity contribution in [2.24, 2.45) is 0 Å². The second-order valence-corrected chi connectivity index (χ2v) is 5.43. The van der Waals surface area contributed by atoms with E-state index >= 15 is 0 Å². The highest BCUT2D eigenvalue weighted by atomic mass is 32.2. The molecule has 2 N–H and O–H groups in total. The minimum atomic E-state index is -3.72. The maximum absolute atomic E-state index is 12.1. The number of aryl methyl sites for hydroxylation is 2. The Morgan fingerprint density at radius 3 is 2.37 bits per heavy atom. The van der Waals surface area contributed by atoms with Crippen LogP contribution in [0.25, 0.3) is 0 Å². The fourth-order valence-corrected chi connectivity index (χ4v) is 2.59. The molecule has 2 aromatic heterocycles. The van der Waals surface area contributed by atoms with Crippen molar-refractivity contribution in [2.45, 2.75) is 18.9 Å². The molecule has 2 rings (SSSR count). The van der Waals surface area contributed by atoms with Gasteiger partial charge >= 0.3 is 6.01 Å². The highest BCUT2D eigenvalue weighted by Crippen LogP contribution is 2.22. The number of imidazole rings is 1. The summed E-state index contributed by atoms with van der Waals surface area (Å²) >= 11 is 0. The van der Waals surface area contributed by atoms with Crippen LogP contribution in [0.15, 0.2) is 17.6 Å². The lowest BCUT2D eigenvalue weighted by molar-refractivity contribution is 0.378. The van der Waals surface area contributed by atoms with Crippen LogP contribution in [-0.2, 0) is 10.0 Å². The molecule has 0 aliphatic carbocycles. The number of nitrogens with zero attached hydrogens (tertiary/aromatic N) is 3. The molecular formula is C10H13N5O3S. The first-order chi connectivity index (χ1) is 8.94. The van der Waals surface area contributed by atoms with Gasteiger partial charge in [-0.25, -0.2) is 4.98 Å². The van der Waals surface area contributed by atoms with Crippen LogP contribution in [0, 0.1) is 13.8 Å². The lowest BCUT2D eigenvalue weighted by Crippen LogP contribution is -2.16. The van der Waals surface area contributed by atoms with Gasteiger partial charge in [0.2, 0.25) is 0 Å². The van der Waals surface area contributed by atoms with Gasteiger partial charge in [-0.1, -0.05) is 0 Å². The number of aromatic nitrogens is 4. The molecule has 19 heavy (non-hydrogen) atoms. The largest absolute Gasteiger partial charge is 0.467 e. The molecule has 0 radical (unpaired) electrons. The van der Waals surface area contributed by atoms with E-state index in [1.165, 1.54) is 19.6 Å². The Kier molecular flexibility index (Phi) is 3.38. The summed E-state index contributed by atoms with van der Waals surface area (Å²) in [4.78, 5) is 14.3. The smallest absolute Gasteiger partial charge is 0.316 e. The molecule has 102 valence electrons. The van der Waals surface area contributed by atoms with Crippen molar-refractivity contribution in [1.29, 1.82) is 0 Å². The first-order valence-electron chi connectivity index (χ1n) is 5.34. The van der Waals surface area contributed by atoms with Gasteiger partial charge in [0.05, 0.1) is 36.7 Å². The van der Waals surface area contributed by atoms with Crippen LogP contribution < -0.4 is 9.46 Å². The highest BCUT2D eigenvalue weighted by molar-refractivity contribution is 7.92. The van der Waals surface area contributed by atoms with Crippen molar-refractivity contribution in [3.8, 4) is 6.01 Å². The first-order valence-corrected chi connectivity index (χ1v) is 6.83. The summed E-state index contributed by atoms with van der Waals surface area (Å²) in [5.74, 6) is 0. The van der Waals surface area contributed by atoms with Crippen molar-refractivity contribution in [2.75, 3.05) is 11.8 Å². The van der Waals surface area contributed by atoms with Crippen LogP contribution in [-0.4, -0.2) is 35.5 Å². The summed E-state index contributed by atoms with van der Waals surface area (Å²) in [6.07, 6.45) is 2.51. The first kappa shape index (κ1) is 13.3. The normalized spacial score (nSPS) is 11.3. The molecule has 0 fully saturated rings. The summed E-state index contributed by atoms with van der Waals surface area (Å²) in [6.45, 7) is 3.34. The van der Waals surface area contributed by atoms with E-state index in [0.717, 1.165) is 0 Å². The van der Waals surface area contributed by atoms with E-state index in [2.05, 4.69) is 24.7 Å². The van der Waals surface area contributed by atoms with E-state index in [-0.39, 0.29) is 11.0 Å². The molecule has 0 atom stereocenters. The fraction of sp³-hybridized carbons (Fsp3) is 0.300. The molecule has 0 unspecified atom stereocenters. The van der Waals surface area contributed by atoms with Gasteiger partial charge in [-0.05, 0) is 13.8 Å². The summed E-state index contributed by atoms with van der Waals surface area (Å²) < 4.78 is 31.5. The molecule has 0 aliphatic rings. The molecule has 0 spiro atoms. The molecule has 9 heteroatoms. The Labute approximate surface area is 110 Å². The van der Waals surface area contributed by atoms with Gasteiger partial charge in [-0.3, -0.25) is 4.72 Å². The zero-order valence-corrected chi connectivity index (χ0v) is 11.4. The number of methoxy groups -OCH3 is 1. The zero-order chi connectivity index (χ0) is 14.0. The van der Waals surface area contributed by atoms with Gasteiger partial charge in [-0.2, -0.15) is 18.4 Å². The summed E-state index contributed by atoms with van der Waals surface area (Å²) in [5, 5.41) is -0.0258. The Morgan fingerprint density at radius 1 is 1.26 bits per heavy atom. The molecule has 2 heterocycles. The fourth-order valence-electron chi connectivity index (χ4n) is 1.50. The average molecular weight is 283 g/mol. The van der Waals surface area contributed by atoms with Crippen LogP contribution in [0.5, 0.6) is 6.01 Å². The zero-order valence-electron chi connectivity index (χ0n) is 10.6. The van der Waals surface area contributed by atoms with Crippen molar-refractivity contribution in [3.05, 3.63) is 23.9 Å². The quantitative estimate of drug-likeness (QED) is 0.851. The Hall–Kier alpha value is -2.16. The standard InChI is InChI=1S/C10H13N5O3S/c1-6-9(7(2)14-10(13-6)18-3)15-19(16,17)8-4-11-5-12-8/h4-5,15H,1-3H3,(H,11,12). The predicted molar refractivity (Wildman–Crippen MR) is 67.5 cm³/mol. The minimum Gasteiger partial charge on any atom is -0.467 e. The van der Waals surface area contributed by atoms with E-state index in [0.29, 0.717) is 17.1 Å². The number of ether oxygens (including phenoxy) is 1. The van der Waals surface area contributed by atoms with Gasteiger partial charge in [0.1, 0.15) is 0 Å². The van der Waals surface area contributed by atoms with E-state index < -0.39 is 10.0 Å². The second kappa shape index (κ2) is 4.84. The van der Waals surface area contributed by atoms with Gasteiger partial charge in [-0.15, -0.1) is 0 Å². The molecule has 0 bridgehead atoms. The average Bonchev–Trinajstić information content (AvgIpc) is 2.88. The molecule has 0 saturated carbocycles. The molecular weight excluding hydrogens is 270 g/mol. The number of nitrogens with one attached hydrogen (secondary N) is 2. The van der Waals surface area contributed by atoms with Crippen molar-refractivity contribution >= 4 is 15.7 Å². The summed E-state index contributed by atoms with van der Waals surface area (Å²) in [5.41, 5.74) is 1.29. The van der Waals surface area contributed by atoms with Crippen LogP contribution in [0.1, 0.15) is 11.4 Å². The molecule has 0 amide bonds.